The molecule has 0 radical (unpaired) electrons. The first-order chi connectivity index (χ1) is 10.1. The van der Waals surface area contributed by atoms with Crippen molar-refractivity contribution in [2.24, 2.45) is 0 Å². The van der Waals surface area contributed by atoms with Crippen LogP contribution in [0.4, 0.5) is 0 Å². The van der Waals surface area contributed by atoms with Gasteiger partial charge in [0.05, 0.1) is 6.54 Å². The molecule has 0 aliphatic carbocycles. The van der Waals surface area contributed by atoms with Gasteiger partial charge in [-0.05, 0) is 6.92 Å². The van der Waals surface area contributed by atoms with E-state index in [1.165, 1.54) is 6.07 Å². The maximum absolute atomic E-state index is 11.3. The number of ether oxygens (including phenoxy) is 3. The van der Waals surface area contributed by atoms with Gasteiger partial charge < -0.3 is 23.9 Å². The van der Waals surface area contributed by atoms with Gasteiger partial charge in [0.1, 0.15) is 23.7 Å². The molecular weight excluding hydrogens is 276 g/mol. The maximum Gasteiger partial charge on any atom is 0.339 e. The molecule has 7 heteroatoms. The van der Waals surface area contributed by atoms with Crippen LogP contribution in [0, 0.1) is 6.92 Å². The van der Waals surface area contributed by atoms with Gasteiger partial charge in [-0.25, -0.2) is 9.78 Å². The molecule has 0 saturated carbocycles. The number of aromatic carboxylic acids is 1. The molecule has 0 unspecified atom stereocenters. The lowest BCUT2D eigenvalue weighted by atomic mass is 10.2. The monoisotopic (exact) mass is 290 g/mol. The molecule has 2 aromatic rings. The summed E-state index contributed by atoms with van der Waals surface area (Å²) >= 11 is 0. The van der Waals surface area contributed by atoms with Crippen molar-refractivity contribution in [3.63, 3.8) is 0 Å². The van der Waals surface area contributed by atoms with E-state index in [1.807, 2.05) is 17.7 Å². The third-order valence-corrected chi connectivity index (χ3v) is 3.22. The molecule has 1 aromatic carbocycles. The zero-order valence-corrected chi connectivity index (χ0v) is 11.4. The summed E-state index contributed by atoms with van der Waals surface area (Å²) in [5.41, 5.74) is 0.0570. The second kappa shape index (κ2) is 5.35. The molecule has 1 aromatic heterocycles. The van der Waals surface area contributed by atoms with Crippen molar-refractivity contribution >= 4 is 5.97 Å². The van der Waals surface area contributed by atoms with E-state index in [9.17, 15) is 9.90 Å². The molecule has 0 bridgehead atoms. The normalized spacial score (nSPS) is 12.4. The Morgan fingerprint density at radius 3 is 2.86 bits per heavy atom. The summed E-state index contributed by atoms with van der Waals surface area (Å²) in [5, 5.41) is 9.23. The van der Waals surface area contributed by atoms with Crippen molar-refractivity contribution in [2.45, 2.75) is 13.5 Å². The fourth-order valence-corrected chi connectivity index (χ4v) is 2.10. The molecule has 2 heterocycles. The first-order valence-corrected chi connectivity index (χ1v) is 6.42. The lowest BCUT2D eigenvalue weighted by molar-refractivity contribution is 0.0691. The topological polar surface area (TPSA) is 82.8 Å². The summed E-state index contributed by atoms with van der Waals surface area (Å²) in [7, 11) is 0. The standard InChI is InChI=1S/C14H14N2O5/c1-9-15-2-3-16(9)4-5-19-11-7-13-12(20-8-21-13)6-10(11)14(17)18/h2-3,6-7H,4-5,8H2,1H3,(H,17,18). The van der Waals surface area contributed by atoms with Crippen LogP contribution in [0.2, 0.25) is 0 Å². The number of aryl methyl sites for hydroxylation is 1. The molecule has 1 aliphatic heterocycles. The Morgan fingerprint density at radius 1 is 1.43 bits per heavy atom. The fraction of sp³-hybridized carbons (Fsp3) is 0.286. The highest BCUT2D eigenvalue weighted by Crippen LogP contribution is 2.38. The van der Waals surface area contributed by atoms with Crippen LogP contribution in [0.25, 0.3) is 0 Å². The van der Waals surface area contributed by atoms with Gasteiger partial charge in [0.25, 0.3) is 0 Å². The number of imidazole rings is 1. The number of fused-ring (bicyclic) bond motifs is 1. The third-order valence-electron chi connectivity index (χ3n) is 3.22. The summed E-state index contributed by atoms with van der Waals surface area (Å²) in [6, 6.07) is 2.97. The second-order valence-electron chi connectivity index (χ2n) is 4.52. The highest BCUT2D eigenvalue weighted by Gasteiger charge is 2.21. The maximum atomic E-state index is 11.3. The van der Waals surface area contributed by atoms with E-state index in [-0.39, 0.29) is 18.1 Å². The predicted molar refractivity (Wildman–Crippen MR) is 72.0 cm³/mol. The highest BCUT2D eigenvalue weighted by molar-refractivity contribution is 5.92. The molecule has 3 rings (SSSR count). The number of carbonyl (C=O) groups is 1. The lowest BCUT2D eigenvalue weighted by Gasteiger charge is -2.11. The number of hydrogen-bond acceptors (Lipinski definition) is 5. The number of carboxylic acid groups (broad SMARTS) is 1. The van der Waals surface area contributed by atoms with Gasteiger partial charge in [-0.1, -0.05) is 0 Å². The molecule has 0 fully saturated rings. The van der Waals surface area contributed by atoms with Gasteiger partial charge in [-0.15, -0.1) is 0 Å². The lowest BCUT2D eigenvalue weighted by Crippen LogP contribution is -2.11. The van der Waals surface area contributed by atoms with Crippen molar-refractivity contribution in [2.75, 3.05) is 13.4 Å². The van der Waals surface area contributed by atoms with Crippen molar-refractivity contribution in [1.29, 1.82) is 0 Å². The average molecular weight is 290 g/mol. The highest BCUT2D eigenvalue weighted by atomic mass is 16.7. The smallest absolute Gasteiger partial charge is 0.339 e. The molecular formula is C14H14N2O5. The third kappa shape index (κ3) is 2.62. The number of hydrogen-bond donors (Lipinski definition) is 1. The van der Waals surface area contributed by atoms with E-state index in [0.29, 0.717) is 24.7 Å². The number of benzene rings is 1. The van der Waals surface area contributed by atoms with Gasteiger partial charge in [-0.2, -0.15) is 0 Å². The summed E-state index contributed by atoms with van der Waals surface area (Å²) in [4.78, 5) is 15.4. The molecule has 7 nitrogen and oxygen atoms in total. The Kier molecular flexibility index (Phi) is 3.39. The average Bonchev–Trinajstić information content (AvgIpc) is 3.06. The zero-order valence-electron chi connectivity index (χ0n) is 11.4. The van der Waals surface area contributed by atoms with E-state index in [4.69, 9.17) is 14.2 Å². The van der Waals surface area contributed by atoms with Gasteiger partial charge >= 0.3 is 5.97 Å². The quantitative estimate of drug-likeness (QED) is 0.902. The van der Waals surface area contributed by atoms with E-state index in [2.05, 4.69) is 4.98 Å². The largest absolute Gasteiger partial charge is 0.491 e. The summed E-state index contributed by atoms with van der Waals surface area (Å²) in [5.74, 6) is 0.994. The molecule has 1 aliphatic rings. The Labute approximate surface area is 120 Å². The minimum atomic E-state index is -1.07. The number of rotatable bonds is 5. The molecule has 21 heavy (non-hydrogen) atoms. The first kappa shape index (κ1) is 13.3. The van der Waals surface area contributed by atoms with Gasteiger partial charge in [-0.3, -0.25) is 0 Å². The van der Waals surface area contributed by atoms with Gasteiger partial charge in [0.15, 0.2) is 11.5 Å². The van der Waals surface area contributed by atoms with Crippen molar-refractivity contribution in [3.8, 4) is 17.2 Å². The summed E-state index contributed by atoms with van der Waals surface area (Å²) < 4.78 is 17.9. The minimum absolute atomic E-state index is 0.0570. The Hall–Kier alpha value is -2.70. The molecule has 0 amide bonds. The van der Waals surface area contributed by atoms with Crippen molar-refractivity contribution < 1.29 is 24.1 Å². The summed E-state index contributed by atoms with van der Waals surface area (Å²) in [6.45, 7) is 2.89. The summed E-state index contributed by atoms with van der Waals surface area (Å²) in [6.07, 6.45) is 3.55. The molecule has 1 N–H and O–H groups in total. The fourth-order valence-electron chi connectivity index (χ4n) is 2.10. The Balaban J connectivity index is 1.75. The zero-order chi connectivity index (χ0) is 14.8. The molecule has 0 atom stereocenters. The van der Waals surface area contributed by atoms with Crippen LogP contribution >= 0.6 is 0 Å². The van der Waals surface area contributed by atoms with Crippen LogP contribution in [0.15, 0.2) is 24.5 Å². The van der Waals surface area contributed by atoms with Crippen LogP contribution < -0.4 is 14.2 Å². The SMILES string of the molecule is Cc1nccn1CCOc1cc2c(cc1C(=O)O)OCO2. The van der Waals surface area contributed by atoms with Crippen LogP contribution in [0.5, 0.6) is 17.2 Å². The minimum Gasteiger partial charge on any atom is -0.491 e. The molecule has 110 valence electrons. The number of aromatic nitrogens is 2. The molecule has 0 saturated heterocycles. The molecule has 0 spiro atoms. The van der Waals surface area contributed by atoms with Crippen molar-refractivity contribution in [3.05, 3.63) is 35.9 Å². The predicted octanol–water partition coefficient (Wildman–Crippen LogP) is 1.70. The van der Waals surface area contributed by atoms with E-state index in [1.54, 1.807) is 12.3 Å². The van der Waals surface area contributed by atoms with E-state index >= 15 is 0 Å². The van der Waals surface area contributed by atoms with Crippen LogP contribution in [0.3, 0.4) is 0 Å². The Morgan fingerprint density at radius 2 is 2.19 bits per heavy atom. The van der Waals surface area contributed by atoms with Crippen LogP contribution in [-0.4, -0.2) is 34.0 Å². The second-order valence-corrected chi connectivity index (χ2v) is 4.52. The van der Waals surface area contributed by atoms with Gasteiger partial charge in [0, 0.05) is 24.5 Å². The Bertz CT molecular complexity index is 680. The van der Waals surface area contributed by atoms with Crippen LogP contribution in [0.1, 0.15) is 16.2 Å². The van der Waals surface area contributed by atoms with E-state index in [0.717, 1.165) is 5.82 Å². The number of nitrogens with zero attached hydrogens (tertiary/aromatic N) is 2. The first-order valence-electron chi connectivity index (χ1n) is 6.42. The van der Waals surface area contributed by atoms with Gasteiger partial charge in [0.2, 0.25) is 6.79 Å². The number of carboxylic acids is 1. The van der Waals surface area contributed by atoms with E-state index < -0.39 is 5.97 Å². The van der Waals surface area contributed by atoms with Crippen LogP contribution in [-0.2, 0) is 6.54 Å². The van der Waals surface area contributed by atoms with Crippen molar-refractivity contribution in [1.82, 2.24) is 9.55 Å².